The van der Waals surface area contributed by atoms with Gasteiger partial charge < -0.3 is 0 Å². The number of rotatable bonds is 3. The van der Waals surface area contributed by atoms with E-state index in [1.165, 1.54) is 27.3 Å². The van der Waals surface area contributed by atoms with Crippen LogP contribution in [0.25, 0.3) is 10.9 Å². The van der Waals surface area contributed by atoms with Gasteiger partial charge in [-0.25, -0.2) is 0 Å². The van der Waals surface area contributed by atoms with Crippen LogP contribution < -0.4 is 4.57 Å². The number of aromatic nitrogens is 1. The minimum Gasteiger partial charge on any atom is -0.198 e. The third-order valence-electron chi connectivity index (χ3n) is 2.68. The summed E-state index contributed by atoms with van der Waals surface area (Å²) in [7, 11) is 0. The number of benzene rings is 1. The lowest BCUT2D eigenvalue weighted by Gasteiger charge is -2.02. The molecule has 1 heterocycles. The fraction of sp³-hybridized carbons (Fsp3) is 0.308. The number of hydrogen-bond donors (Lipinski definition) is 0. The van der Waals surface area contributed by atoms with Gasteiger partial charge in [0.2, 0.25) is 5.52 Å². The molecule has 0 saturated heterocycles. The highest BCUT2D eigenvalue weighted by Gasteiger charge is 2.08. The predicted octanol–water partition coefficient (Wildman–Crippen LogP) is 3.26. The van der Waals surface area contributed by atoms with Crippen LogP contribution in [-0.2, 0) is 6.54 Å². The minimum atomic E-state index is 1.11. The molecule has 1 aromatic heterocycles. The van der Waals surface area contributed by atoms with Crippen molar-refractivity contribution < 1.29 is 4.57 Å². The molecule has 0 radical (unpaired) electrons. The fourth-order valence-electron chi connectivity index (χ4n) is 1.85. The highest BCUT2D eigenvalue weighted by atomic mass is 127. The van der Waals surface area contributed by atoms with Crippen molar-refractivity contribution in [3.8, 4) is 0 Å². The van der Waals surface area contributed by atoms with E-state index in [2.05, 4.69) is 70.6 Å². The van der Waals surface area contributed by atoms with Gasteiger partial charge in [0.25, 0.3) is 0 Å². The van der Waals surface area contributed by atoms with Gasteiger partial charge in [-0.05, 0) is 18.6 Å². The lowest BCUT2D eigenvalue weighted by Crippen LogP contribution is -2.34. The molecule has 0 N–H and O–H groups in total. The molecule has 0 unspecified atom stereocenters. The van der Waals surface area contributed by atoms with E-state index in [4.69, 9.17) is 0 Å². The van der Waals surface area contributed by atoms with Crippen LogP contribution in [0.2, 0.25) is 0 Å². The summed E-state index contributed by atoms with van der Waals surface area (Å²) in [5.74, 6) is 0. The quantitative estimate of drug-likeness (QED) is 0.465. The summed E-state index contributed by atoms with van der Waals surface area (Å²) >= 11 is 2.43. The molecule has 0 aliphatic carbocycles. The maximum atomic E-state index is 2.43. The van der Waals surface area contributed by atoms with Crippen LogP contribution >= 0.6 is 22.6 Å². The highest BCUT2D eigenvalue weighted by Crippen LogP contribution is 2.13. The van der Waals surface area contributed by atoms with E-state index < -0.39 is 0 Å². The molecule has 0 spiro atoms. The molecule has 0 atom stereocenters. The lowest BCUT2D eigenvalue weighted by atomic mass is 10.1. The van der Waals surface area contributed by atoms with Crippen LogP contribution in [0.4, 0.5) is 0 Å². The first-order valence-corrected chi connectivity index (χ1v) is 6.79. The summed E-state index contributed by atoms with van der Waals surface area (Å²) in [6.45, 7) is 3.29. The Bertz CT molecular complexity index is 465. The first kappa shape index (κ1) is 10.9. The van der Waals surface area contributed by atoms with Gasteiger partial charge in [0.1, 0.15) is 6.54 Å². The number of nitrogens with zero attached hydrogens (tertiary/aromatic N) is 1. The topological polar surface area (TPSA) is 3.88 Å². The zero-order chi connectivity index (χ0) is 10.7. The van der Waals surface area contributed by atoms with Crippen LogP contribution in [0, 0.1) is 6.92 Å². The summed E-state index contributed by atoms with van der Waals surface area (Å²) in [6.07, 6.45) is 3.43. The summed E-state index contributed by atoms with van der Waals surface area (Å²) in [5, 5.41) is 1.37. The third kappa shape index (κ3) is 2.30. The van der Waals surface area contributed by atoms with Crippen molar-refractivity contribution in [3.63, 3.8) is 0 Å². The SMILES string of the molecule is Cc1cc[n+](CCCI)c2ccccc12. The molecule has 2 rings (SSSR count). The number of alkyl halides is 1. The van der Waals surface area contributed by atoms with Crippen molar-refractivity contribution >= 4 is 33.5 Å². The molecule has 78 valence electrons. The van der Waals surface area contributed by atoms with Gasteiger partial charge in [0, 0.05) is 28.4 Å². The molecule has 1 aromatic carbocycles. The van der Waals surface area contributed by atoms with Gasteiger partial charge in [0.15, 0.2) is 6.20 Å². The molecular weight excluding hydrogens is 297 g/mol. The standard InChI is InChI=1S/C13H15IN/c1-11-7-10-15(9-4-8-14)13-6-3-2-5-12(11)13/h2-3,5-7,10H,4,8-9H2,1H3/q+1. The van der Waals surface area contributed by atoms with Gasteiger partial charge in [-0.1, -0.05) is 34.7 Å². The van der Waals surface area contributed by atoms with Crippen molar-refractivity contribution in [1.29, 1.82) is 0 Å². The van der Waals surface area contributed by atoms with Gasteiger partial charge >= 0.3 is 0 Å². The van der Waals surface area contributed by atoms with E-state index in [9.17, 15) is 0 Å². The van der Waals surface area contributed by atoms with Crippen LogP contribution in [0.3, 0.4) is 0 Å². The molecule has 2 aromatic rings. The van der Waals surface area contributed by atoms with Crippen molar-refractivity contribution in [2.45, 2.75) is 19.9 Å². The van der Waals surface area contributed by atoms with Crippen molar-refractivity contribution in [2.24, 2.45) is 0 Å². The molecule has 0 fully saturated rings. The van der Waals surface area contributed by atoms with Gasteiger partial charge in [-0.15, -0.1) is 0 Å². The average molecular weight is 312 g/mol. The smallest absolute Gasteiger partial charge is 0.198 e. The maximum Gasteiger partial charge on any atom is 0.212 e. The Morgan fingerprint density at radius 1 is 1.20 bits per heavy atom. The monoisotopic (exact) mass is 312 g/mol. The number of pyridine rings is 1. The third-order valence-corrected chi connectivity index (χ3v) is 3.44. The van der Waals surface area contributed by atoms with Gasteiger partial charge in [0.05, 0.1) is 0 Å². The van der Waals surface area contributed by atoms with E-state index in [1.807, 2.05) is 0 Å². The normalized spacial score (nSPS) is 10.8. The predicted molar refractivity (Wildman–Crippen MR) is 72.4 cm³/mol. The number of para-hydroxylation sites is 1. The van der Waals surface area contributed by atoms with Gasteiger partial charge in [-0.2, -0.15) is 4.57 Å². The van der Waals surface area contributed by atoms with E-state index in [0.717, 1.165) is 6.54 Å². The number of fused-ring (bicyclic) bond motifs is 1. The largest absolute Gasteiger partial charge is 0.212 e. The highest BCUT2D eigenvalue weighted by molar-refractivity contribution is 14.1. The lowest BCUT2D eigenvalue weighted by molar-refractivity contribution is -0.671. The van der Waals surface area contributed by atoms with Crippen LogP contribution in [-0.4, -0.2) is 4.43 Å². The van der Waals surface area contributed by atoms with Crippen LogP contribution in [0.15, 0.2) is 36.5 Å². The Balaban J connectivity index is 2.51. The zero-order valence-corrected chi connectivity index (χ0v) is 11.1. The molecule has 0 aliphatic rings. The Kier molecular flexibility index (Phi) is 3.57. The summed E-state index contributed by atoms with van der Waals surface area (Å²) in [6, 6.07) is 10.8. The van der Waals surface area contributed by atoms with Crippen molar-refractivity contribution in [1.82, 2.24) is 0 Å². The Hall–Kier alpha value is -0.640. The Labute approximate surface area is 104 Å². The fourth-order valence-corrected chi connectivity index (χ4v) is 2.20. The molecule has 0 saturated carbocycles. The second-order valence-corrected chi connectivity index (χ2v) is 4.83. The second kappa shape index (κ2) is 4.92. The molecular formula is C13H15IN+. The van der Waals surface area contributed by atoms with Gasteiger partial charge in [-0.3, -0.25) is 0 Å². The molecule has 15 heavy (non-hydrogen) atoms. The first-order valence-electron chi connectivity index (χ1n) is 5.26. The second-order valence-electron chi connectivity index (χ2n) is 3.75. The van der Waals surface area contributed by atoms with E-state index >= 15 is 0 Å². The maximum absolute atomic E-state index is 2.43. The summed E-state index contributed by atoms with van der Waals surface area (Å²) in [5.41, 5.74) is 2.71. The molecule has 0 bridgehead atoms. The molecule has 2 heteroatoms. The first-order chi connectivity index (χ1) is 7.33. The van der Waals surface area contributed by atoms with Crippen molar-refractivity contribution in [2.75, 3.05) is 4.43 Å². The molecule has 1 nitrogen and oxygen atoms in total. The minimum absolute atomic E-state index is 1.11. The van der Waals surface area contributed by atoms with Crippen LogP contribution in [0.5, 0.6) is 0 Å². The van der Waals surface area contributed by atoms with Crippen LogP contribution in [0.1, 0.15) is 12.0 Å². The summed E-state index contributed by atoms with van der Waals surface area (Å²) < 4.78 is 3.56. The zero-order valence-electron chi connectivity index (χ0n) is 8.91. The van der Waals surface area contributed by atoms with E-state index in [-0.39, 0.29) is 0 Å². The summed E-state index contributed by atoms with van der Waals surface area (Å²) in [4.78, 5) is 0. The van der Waals surface area contributed by atoms with E-state index in [1.54, 1.807) is 0 Å². The molecule has 0 aliphatic heterocycles. The number of hydrogen-bond acceptors (Lipinski definition) is 0. The number of halogens is 1. The Morgan fingerprint density at radius 3 is 2.80 bits per heavy atom. The number of aryl methyl sites for hydroxylation is 2. The average Bonchev–Trinajstić information content (AvgIpc) is 2.29. The Morgan fingerprint density at radius 2 is 2.00 bits per heavy atom. The molecule has 0 amide bonds. The van der Waals surface area contributed by atoms with Crippen molar-refractivity contribution in [3.05, 3.63) is 42.1 Å². The van der Waals surface area contributed by atoms with E-state index in [0.29, 0.717) is 0 Å².